The van der Waals surface area contributed by atoms with Gasteiger partial charge >= 0.3 is 0 Å². The van der Waals surface area contributed by atoms with Gasteiger partial charge in [0.2, 0.25) is 5.52 Å². The fourth-order valence-electron chi connectivity index (χ4n) is 3.69. The molecule has 0 saturated heterocycles. The molecular formula is C23H21FN4O2. The van der Waals surface area contributed by atoms with Gasteiger partial charge in [0.05, 0.1) is 29.0 Å². The van der Waals surface area contributed by atoms with Crippen LogP contribution in [0, 0.1) is 16.9 Å². The number of aromatic nitrogens is 1. The highest BCUT2D eigenvalue weighted by atomic mass is 19.1. The van der Waals surface area contributed by atoms with Crippen LogP contribution in [0.5, 0.6) is 0 Å². The Morgan fingerprint density at radius 2 is 2.00 bits per heavy atom. The van der Waals surface area contributed by atoms with Gasteiger partial charge in [0.15, 0.2) is 6.20 Å². The normalized spacial score (nSPS) is 18.0. The van der Waals surface area contributed by atoms with Gasteiger partial charge in [-0.05, 0) is 43.7 Å². The molecule has 2 heterocycles. The smallest absolute Gasteiger partial charge is 0.225 e. The van der Waals surface area contributed by atoms with Gasteiger partial charge in [-0.25, -0.2) is 4.39 Å². The average Bonchev–Trinajstić information content (AvgIpc) is 2.74. The lowest BCUT2D eigenvalue weighted by molar-refractivity contribution is -0.577. The molecule has 0 radical (unpaired) electrons. The third kappa shape index (κ3) is 3.66. The average molecular weight is 404 g/mol. The highest BCUT2D eigenvalue weighted by Gasteiger charge is 2.33. The zero-order valence-corrected chi connectivity index (χ0v) is 16.7. The highest BCUT2D eigenvalue weighted by molar-refractivity contribution is 6.28. The van der Waals surface area contributed by atoms with E-state index in [-0.39, 0.29) is 11.6 Å². The summed E-state index contributed by atoms with van der Waals surface area (Å²) >= 11 is 0. The molecule has 4 rings (SSSR count). The summed E-state index contributed by atoms with van der Waals surface area (Å²) in [6, 6.07) is 14.8. The molecule has 1 aliphatic heterocycles. The molecule has 1 unspecified atom stereocenters. The number of fused-ring (bicyclic) bond motifs is 1. The maximum Gasteiger partial charge on any atom is 0.225 e. The van der Waals surface area contributed by atoms with Gasteiger partial charge in [0.25, 0.3) is 0 Å². The standard InChI is InChI=1S/C23H21FN4O2/c1-3-27-14-20(25-19-7-4-8-21-18(19)6-5-13-28(21)30)22(15(2)29)23(26-27)16-9-11-17(24)12-10-16/h4-13,22H,3,14H2,1-2H3. The van der Waals surface area contributed by atoms with Gasteiger partial charge < -0.3 is 5.21 Å². The van der Waals surface area contributed by atoms with E-state index in [1.54, 1.807) is 30.3 Å². The number of carbonyl (C=O) groups excluding carboxylic acids is 1. The number of nitrogens with zero attached hydrogens (tertiary/aromatic N) is 4. The SMILES string of the molecule is CCN1CC(=Nc2cccc3c2ccc[n+]3[O-])C(C(C)=O)C(c2ccc(F)cc2)=N1. The number of ketones is 1. The molecule has 2 aromatic carbocycles. The fourth-order valence-corrected chi connectivity index (χ4v) is 3.69. The van der Waals surface area contributed by atoms with E-state index in [0.717, 1.165) is 4.73 Å². The molecule has 0 bridgehead atoms. The maximum atomic E-state index is 13.4. The fraction of sp³-hybridized carbons (Fsp3) is 0.217. The molecule has 7 heteroatoms. The van der Waals surface area contributed by atoms with Crippen molar-refractivity contribution in [1.29, 1.82) is 0 Å². The highest BCUT2D eigenvalue weighted by Crippen LogP contribution is 2.27. The summed E-state index contributed by atoms with van der Waals surface area (Å²) in [5.41, 5.74) is 3.00. The van der Waals surface area contributed by atoms with E-state index in [0.29, 0.717) is 46.7 Å². The van der Waals surface area contributed by atoms with Crippen molar-refractivity contribution >= 4 is 33.8 Å². The Balaban J connectivity index is 1.87. The van der Waals surface area contributed by atoms with Crippen LogP contribution in [0.3, 0.4) is 0 Å². The quantitative estimate of drug-likeness (QED) is 0.492. The minimum atomic E-state index is -0.642. The van der Waals surface area contributed by atoms with Crippen LogP contribution in [0.1, 0.15) is 19.4 Å². The van der Waals surface area contributed by atoms with Gasteiger partial charge in [-0.3, -0.25) is 14.8 Å². The Bertz CT molecular complexity index is 1170. The third-order valence-corrected chi connectivity index (χ3v) is 5.16. The second-order valence-electron chi connectivity index (χ2n) is 7.16. The predicted octanol–water partition coefficient (Wildman–Crippen LogP) is 3.63. The lowest BCUT2D eigenvalue weighted by atomic mass is 9.87. The number of pyridine rings is 1. The van der Waals surface area contributed by atoms with Crippen molar-refractivity contribution in [3.8, 4) is 0 Å². The monoisotopic (exact) mass is 404 g/mol. The summed E-state index contributed by atoms with van der Waals surface area (Å²) in [6.07, 6.45) is 1.44. The van der Waals surface area contributed by atoms with Gasteiger partial charge in [0, 0.05) is 18.7 Å². The number of hydrazone groups is 1. The first-order chi connectivity index (χ1) is 14.5. The van der Waals surface area contributed by atoms with E-state index in [1.165, 1.54) is 25.3 Å². The van der Waals surface area contributed by atoms with E-state index in [1.807, 2.05) is 24.1 Å². The molecule has 152 valence electrons. The van der Waals surface area contributed by atoms with E-state index >= 15 is 0 Å². The van der Waals surface area contributed by atoms with Crippen molar-refractivity contribution in [3.05, 3.63) is 77.4 Å². The van der Waals surface area contributed by atoms with Crippen LogP contribution < -0.4 is 4.73 Å². The molecule has 0 N–H and O–H groups in total. The van der Waals surface area contributed by atoms with Crippen LogP contribution >= 0.6 is 0 Å². The lowest BCUT2D eigenvalue weighted by Gasteiger charge is -2.31. The molecule has 6 nitrogen and oxygen atoms in total. The molecule has 1 atom stereocenters. The van der Waals surface area contributed by atoms with Crippen LogP contribution in [0.4, 0.5) is 10.1 Å². The van der Waals surface area contributed by atoms with Crippen molar-refractivity contribution in [2.45, 2.75) is 13.8 Å². The maximum absolute atomic E-state index is 13.4. The molecule has 0 aliphatic carbocycles. The van der Waals surface area contributed by atoms with E-state index < -0.39 is 5.92 Å². The molecule has 3 aromatic rings. The summed E-state index contributed by atoms with van der Waals surface area (Å²) in [4.78, 5) is 17.5. The Hall–Kier alpha value is -3.61. The van der Waals surface area contributed by atoms with Crippen molar-refractivity contribution in [1.82, 2.24) is 5.01 Å². The van der Waals surface area contributed by atoms with Crippen molar-refractivity contribution in [2.75, 3.05) is 13.1 Å². The number of carbonyl (C=O) groups is 1. The molecule has 0 fully saturated rings. The third-order valence-electron chi connectivity index (χ3n) is 5.16. The zero-order valence-electron chi connectivity index (χ0n) is 16.7. The van der Waals surface area contributed by atoms with Crippen molar-refractivity contribution in [2.24, 2.45) is 16.0 Å². The Morgan fingerprint density at radius 3 is 2.70 bits per heavy atom. The first-order valence-corrected chi connectivity index (χ1v) is 9.76. The second-order valence-corrected chi connectivity index (χ2v) is 7.16. The number of benzene rings is 2. The number of hydrogen-bond acceptors (Lipinski definition) is 5. The largest absolute Gasteiger partial charge is 0.618 e. The molecule has 0 spiro atoms. The van der Waals surface area contributed by atoms with Crippen LogP contribution in [0.2, 0.25) is 0 Å². The van der Waals surface area contributed by atoms with Gasteiger partial charge in [-0.15, -0.1) is 0 Å². The van der Waals surface area contributed by atoms with E-state index in [4.69, 9.17) is 4.99 Å². The van der Waals surface area contributed by atoms with E-state index in [9.17, 15) is 14.4 Å². The molecule has 0 saturated carbocycles. The number of aliphatic imine (C=N–C) groups is 1. The van der Waals surface area contributed by atoms with Gasteiger partial charge in [-0.1, -0.05) is 18.2 Å². The van der Waals surface area contributed by atoms with Crippen molar-refractivity contribution < 1.29 is 13.9 Å². The molecule has 1 aromatic heterocycles. The number of Topliss-reactive ketones (excluding diaryl/α,β-unsaturated/α-hetero) is 1. The van der Waals surface area contributed by atoms with Crippen molar-refractivity contribution in [3.63, 3.8) is 0 Å². The zero-order chi connectivity index (χ0) is 21.3. The number of hydrogen-bond donors (Lipinski definition) is 0. The summed E-state index contributed by atoms with van der Waals surface area (Å²) < 4.78 is 14.2. The predicted molar refractivity (Wildman–Crippen MR) is 114 cm³/mol. The van der Waals surface area contributed by atoms with Gasteiger partial charge in [0.1, 0.15) is 17.5 Å². The number of rotatable bonds is 4. The summed E-state index contributed by atoms with van der Waals surface area (Å²) in [6.45, 7) is 4.50. The van der Waals surface area contributed by atoms with E-state index in [2.05, 4.69) is 5.10 Å². The van der Waals surface area contributed by atoms with Crippen LogP contribution in [-0.4, -0.2) is 35.3 Å². The molecule has 1 aliphatic rings. The Labute approximate surface area is 173 Å². The number of halogens is 1. The Kier molecular flexibility index (Phi) is 5.27. The summed E-state index contributed by atoms with van der Waals surface area (Å²) in [7, 11) is 0. The first kappa shape index (κ1) is 19.7. The van der Waals surface area contributed by atoms with Crippen LogP contribution in [0.25, 0.3) is 10.9 Å². The second kappa shape index (κ2) is 8.02. The molecule has 0 amide bonds. The lowest BCUT2D eigenvalue weighted by Crippen LogP contribution is -2.43. The van der Waals surface area contributed by atoms with Gasteiger partial charge in [-0.2, -0.15) is 9.83 Å². The van der Waals surface area contributed by atoms with Crippen LogP contribution in [-0.2, 0) is 4.79 Å². The Morgan fingerprint density at radius 1 is 1.23 bits per heavy atom. The molecular weight excluding hydrogens is 383 g/mol. The molecule has 30 heavy (non-hydrogen) atoms. The summed E-state index contributed by atoms with van der Waals surface area (Å²) in [5.74, 6) is -1.08. The minimum absolute atomic E-state index is 0.0910. The topological polar surface area (TPSA) is 72.0 Å². The minimum Gasteiger partial charge on any atom is -0.618 e. The first-order valence-electron chi connectivity index (χ1n) is 9.76. The summed E-state index contributed by atoms with van der Waals surface area (Å²) in [5, 5.41) is 19.3. The van der Waals surface area contributed by atoms with Crippen LogP contribution in [0.15, 0.2) is 70.9 Å².